The fourth-order valence-electron chi connectivity index (χ4n) is 1.00. The van der Waals surface area contributed by atoms with E-state index < -0.39 is 0 Å². The third-order valence-electron chi connectivity index (χ3n) is 1.77. The standard InChI is InChI=1S/C10H15N3/c1-8-4-6-9(7-5-8)13-10(11-2)12-3/h4-7H,1-3H3,(H2,11,12,13). The highest BCUT2D eigenvalue weighted by molar-refractivity contribution is 5.93. The molecule has 1 aromatic rings. The minimum absolute atomic E-state index is 0.767. The van der Waals surface area contributed by atoms with Crippen molar-refractivity contribution in [2.75, 3.05) is 19.4 Å². The number of hydrogen-bond acceptors (Lipinski definition) is 1. The highest BCUT2D eigenvalue weighted by Gasteiger charge is 1.94. The Bertz CT molecular complexity index is 288. The van der Waals surface area contributed by atoms with Crippen molar-refractivity contribution in [1.82, 2.24) is 5.32 Å². The van der Waals surface area contributed by atoms with E-state index in [0.29, 0.717) is 0 Å². The maximum atomic E-state index is 4.02. The summed E-state index contributed by atoms with van der Waals surface area (Å²) in [5.74, 6) is 0.767. The molecular formula is C10H15N3. The summed E-state index contributed by atoms with van der Waals surface area (Å²) < 4.78 is 0. The molecule has 3 nitrogen and oxygen atoms in total. The fourth-order valence-corrected chi connectivity index (χ4v) is 1.00. The number of aryl methyl sites for hydroxylation is 1. The smallest absolute Gasteiger partial charge is 0.195 e. The highest BCUT2D eigenvalue weighted by atomic mass is 15.2. The van der Waals surface area contributed by atoms with Gasteiger partial charge in [0, 0.05) is 19.8 Å². The van der Waals surface area contributed by atoms with E-state index in [2.05, 4.69) is 34.7 Å². The minimum atomic E-state index is 0.767. The van der Waals surface area contributed by atoms with E-state index >= 15 is 0 Å². The van der Waals surface area contributed by atoms with Crippen molar-refractivity contribution in [3.05, 3.63) is 29.8 Å². The number of aliphatic imine (C=N–C) groups is 1. The van der Waals surface area contributed by atoms with Crippen molar-refractivity contribution < 1.29 is 0 Å². The summed E-state index contributed by atoms with van der Waals surface area (Å²) in [6.45, 7) is 2.07. The molecule has 0 atom stereocenters. The number of hydrogen-bond donors (Lipinski definition) is 2. The van der Waals surface area contributed by atoms with Crippen molar-refractivity contribution in [3.8, 4) is 0 Å². The molecule has 0 aliphatic rings. The van der Waals surface area contributed by atoms with Crippen molar-refractivity contribution in [2.45, 2.75) is 6.92 Å². The molecule has 13 heavy (non-hydrogen) atoms. The molecular weight excluding hydrogens is 162 g/mol. The van der Waals surface area contributed by atoms with E-state index in [-0.39, 0.29) is 0 Å². The molecule has 0 saturated carbocycles. The first-order chi connectivity index (χ1) is 6.26. The molecule has 0 aromatic heterocycles. The van der Waals surface area contributed by atoms with Gasteiger partial charge in [0.2, 0.25) is 0 Å². The first-order valence-corrected chi connectivity index (χ1v) is 4.24. The van der Waals surface area contributed by atoms with E-state index in [9.17, 15) is 0 Å². The second-order valence-corrected chi connectivity index (χ2v) is 2.81. The van der Waals surface area contributed by atoms with Crippen LogP contribution in [0, 0.1) is 6.92 Å². The van der Waals surface area contributed by atoms with Crippen LogP contribution < -0.4 is 10.6 Å². The van der Waals surface area contributed by atoms with Crippen LogP contribution in [0.2, 0.25) is 0 Å². The molecule has 0 unspecified atom stereocenters. The zero-order valence-corrected chi connectivity index (χ0v) is 8.26. The number of anilines is 1. The van der Waals surface area contributed by atoms with Crippen LogP contribution in [0.4, 0.5) is 5.69 Å². The van der Waals surface area contributed by atoms with Gasteiger partial charge in [-0.2, -0.15) is 0 Å². The quantitative estimate of drug-likeness (QED) is 0.505. The molecule has 0 bridgehead atoms. The molecule has 0 amide bonds. The Hall–Kier alpha value is -1.51. The lowest BCUT2D eigenvalue weighted by atomic mass is 10.2. The summed E-state index contributed by atoms with van der Waals surface area (Å²) in [6.07, 6.45) is 0. The summed E-state index contributed by atoms with van der Waals surface area (Å²) in [5.41, 5.74) is 2.30. The van der Waals surface area contributed by atoms with Crippen molar-refractivity contribution in [2.24, 2.45) is 4.99 Å². The number of benzene rings is 1. The Morgan fingerprint density at radius 1 is 1.23 bits per heavy atom. The van der Waals surface area contributed by atoms with E-state index in [4.69, 9.17) is 0 Å². The Balaban J connectivity index is 2.69. The van der Waals surface area contributed by atoms with Crippen LogP contribution >= 0.6 is 0 Å². The lowest BCUT2D eigenvalue weighted by molar-refractivity contribution is 1.14. The first-order valence-electron chi connectivity index (χ1n) is 4.24. The van der Waals surface area contributed by atoms with Crippen LogP contribution in [-0.2, 0) is 0 Å². The van der Waals surface area contributed by atoms with Gasteiger partial charge in [0.05, 0.1) is 0 Å². The zero-order valence-electron chi connectivity index (χ0n) is 8.26. The van der Waals surface area contributed by atoms with Gasteiger partial charge in [0.1, 0.15) is 0 Å². The fraction of sp³-hybridized carbons (Fsp3) is 0.300. The monoisotopic (exact) mass is 177 g/mol. The Labute approximate surface area is 78.9 Å². The normalized spacial score (nSPS) is 11.2. The SMILES string of the molecule is CN=C(NC)Nc1ccc(C)cc1. The average molecular weight is 177 g/mol. The number of guanidine groups is 1. The van der Waals surface area contributed by atoms with Crippen LogP contribution in [0.1, 0.15) is 5.56 Å². The van der Waals surface area contributed by atoms with Gasteiger partial charge in [0.15, 0.2) is 5.96 Å². The third-order valence-corrected chi connectivity index (χ3v) is 1.77. The predicted molar refractivity (Wildman–Crippen MR) is 57.2 cm³/mol. The summed E-state index contributed by atoms with van der Waals surface area (Å²) in [7, 11) is 3.58. The Morgan fingerprint density at radius 2 is 1.85 bits per heavy atom. The summed E-state index contributed by atoms with van der Waals surface area (Å²) in [5, 5.41) is 6.10. The molecule has 0 radical (unpaired) electrons. The molecule has 0 aliphatic heterocycles. The van der Waals surface area contributed by atoms with E-state index in [0.717, 1.165) is 11.6 Å². The lowest BCUT2D eigenvalue weighted by Crippen LogP contribution is -2.26. The van der Waals surface area contributed by atoms with Gasteiger partial charge in [0.25, 0.3) is 0 Å². The van der Waals surface area contributed by atoms with Gasteiger partial charge in [-0.15, -0.1) is 0 Å². The first kappa shape index (κ1) is 9.58. The van der Waals surface area contributed by atoms with Gasteiger partial charge in [-0.05, 0) is 19.1 Å². The van der Waals surface area contributed by atoms with Gasteiger partial charge in [-0.3, -0.25) is 4.99 Å². The van der Waals surface area contributed by atoms with E-state index in [1.807, 2.05) is 19.2 Å². The second-order valence-electron chi connectivity index (χ2n) is 2.81. The molecule has 1 aromatic carbocycles. The van der Waals surface area contributed by atoms with E-state index in [1.54, 1.807) is 7.05 Å². The van der Waals surface area contributed by atoms with Gasteiger partial charge >= 0.3 is 0 Å². The average Bonchev–Trinajstić information content (AvgIpc) is 2.17. The third kappa shape index (κ3) is 2.78. The molecule has 0 heterocycles. The van der Waals surface area contributed by atoms with Gasteiger partial charge in [-0.25, -0.2) is 0 Å². The zero-order chi connectivity index (χ0) is 9.68. The van der Waals surface area contributed by atoms with E-state index in [1.165, 1.54) is 5.56 Å². The van der Waals surface area contributed by atoms with Crippen LogP contribution in [0.3, 0.4) is 0 Å². The maximum absolute atomic E-state index is 4.02. The van der Waals surface area contributed by atoms with Crippen LogP contribution in [0.25, 0.3) is 0 Å². The predicted octanol–water partition coefficient (Wildman–Crippen LogP) is 1.61. The Kier molecular flexibility index (Phi) is 3.31. The molecule has 70 valence electrons. The Morgan fingerprint density at radius 3 is 2.31 bits per heavy atom. The van der Waals surface area contributed by atoms with Crippen LogP contribution in [0.15, 0.2) is 29.3 Å². The van der Waals surface area contributed by atoms with Crippen molar-refractivity contribution >= 4 is 11.6 Å². The lowest BCUT2D eigenvalue weighted by Gasteiger charge is -2.07. The molecule has 2 N–H and O–H groups in total. The molecule has 3 heteroatoms. The molecule has 0 saturated heterocycles. The summed E-state index contributed by atoms with van der Waals surface area (Å²) >= 11 is 0. The topological polar surface area (TPSA) is 36.4 Å². The molecule has 0 spiro atoms. The summed E-state index contributed by atoms with van der Waals surface area (Å²) in [6, 6.07) is 8.17. The van der Waals surface area contributed by atoms with Crippen molar-refractivity contribution in [1.29, 1.82) is 0 Å². The number of nitrogens with zero attached hydrogens (tertiary/aromatic N) is 1. The van der Waals surface area contributed by atoms with Crippen LogP contribution in [0.5, 0.6) is 0 Å². The maximum Gasteiger partial charge on any atom is 0.195 e. The van der Waals surface area contributed by atoms with Gasteiger partial charge < -0.3 is 10.6 Å². The number of rotatable bonds is 1. The van der Waals surface area contributed by atoms with Crippen LogP contribution in [-0.4, -0.2) is 20.1 Å². The molecule has 1 rings (SSSR count). The number of nitrogens with one attached hydrogen (secondary N) is 2. The van der Waals surface area contributed by atoms with Crippen molar-refractivity contribution in [3.63, 3.8) is 0 Å². The molecule has 0 aliphatic carbocycles. The summed E-state index contributed by atoms with van der Waals surface area (Å²) in [4.78, 5) is 4.02. The second kappa shape index (κ2) is 4.50. The van der Waals surface area contributed by atoms with Gasteiger partial charge in [-0.1, -0.05) is 17.7 Å². The molecule has 0 fully saturated rings. The minimum Gasteiger partial charge on any atom is -0.359 e. The highest BCUT2D eigenvalue weighted by Crippen LogP contribution is 2.07. The largest absolute Gasteiger partial charge is 0.359 e.